The molecule has 120 valence electrons. The second-order valence-corrected chi connectivity index (χ2v) is 5.39. The first-order valence-electron chi connectivity index (χ1n) is 7.24. The summed E-state index contributed by atoms with van der Waals surface area (Å²) in [5, 5.41) is 28.7. The number of aliphatic carboxylic acids is 1. The first-order chi connectivity index (χ1) is 10.9. The van der Waals surface area contributed by atoms with E-state index in [0.29, 0.717) is 11.1 Å². The number of aryl methyl sites for hydroxylation is 1. The second-order valence-electron chi connectivity index (χ2n) is 5.39. The van der Waals surface area contributed by atoms with Crippen molar-refractivity contribution in [2.75, 3.05) is 0 Å². The number of ketones is 1. The predicted octanol–water partition coefficient (Wildman–Crippen LogP) is 3.24. The van der Waals surface area contributed by atoms with E-state index in [4.69, 9.17) is 5.11 Å². The summed E-state index contributed by atoms with van der Waals surface area (Å²) in [6, 6.07) is 11.8. The average molecular weight is 314 g/mol. The molecule has 2 rings (SSSR count). The van der Waals surface area contributed by atoms with Gasteiger partial charge in [-0.25, -0.2) is 0 Å². The SMILES string of the molecule is Cc1ccc(C(=O)C(CCC(=O)O)c2ccccc2)c(O)c1O. The van der Waals surface area contributed by atoms with Crippen molar-refractivity contribution in [2.45, 2.75) is 25.7 Å². The van der Waals surface area contributed by atoms with E-state index in [1.165, 1.54) is 6.07 Å². The third-order valence-corrected chi connectivity index (χ3v) is 3.78. The summed E-state index contributed by atoms with van der Waals surface area (Å²) in [6.45, 7) is 1.61. The lowest BCUT2D eigenvalue weighted by Crippen LogP contribution is -2.15. The lowest BCUT2D eigenvalue weighted by molar-refractivity contribution is -0.137. The lowest BCUT2D eigenvalue weighted by atomic mass is 9.86. The summed E-state index contributed by atoms with van der Waals surface area (Å²) in [4.78, 5) is 23.6. The van der Waals surface area contributed by atoms with E-state index in [9.17, 15) is 19.8 Å². The van der Waals surface area contributed by atoms with Gasteiger partial charge in [-0.2, -0.15) is 0 Å². The summed E-state index contributed by atoms with van der Waals surface area (Å²) in [5.74, 6) is -2.90. The van der Waals surface area contributed by atoms with Crippen LogP contribution in [0.3, 0.4) is 0 Å². The molecule has 0 spiro atoms. The van der Waals surface area contributed by atoms with E-state index < -0.39 is 23.4 Å². The molecule has 0 aliphatic rings. The average Bonchev–Trinajstić information content (AvgIpc) is 2.53. The molecule has 2 aromatic carbocycles. The largest absolute Gasteiger partial charge is 0.504 e. The van der Waals surface area contributed by atoms with Gasteiger partial charge in [0.25, 0.3) is 0 Å². The maximum Gasteiger partial charge on any atom is 0.303 e. The summed E-state index contributed by atoms with van der Waals surface area (Å²) in [6.07, 6.45) is -0.0455. The number of hydrogen-bond acceptors (Lipinski definition) is 4. The fraction of sp³-hybridized carbons (Fsp3) is 0.222. The number of hydrogen-bond donors (Lipinski definition) is 3. The molecule has 5 heteroatoms. The minimum atomic E-state index is -0.991. The number of aromatic hydroxyl groups is 2. The Morgan fingerprint density at radius 1 is 1.00 bits per heavy atom. The topological polar surface area (TPSA) is 94.8 Å². The van der Waals surface area contributed by atoms with E-state index in [1.54, 1.807) is 43.3 Å². The van der Waals surface area contributed by atoms with Crippen LogP contribution in [0, 0.1) is 6.92 Å². The van der Waals surface area contributed by atoms with Crippen molar-refractivity contribution in [1.29, 1.82) is 0 Å². The molecule has 5 nitrogen and oxygen atoms in total. The number of carboxylic acid groups (broad SMARTS) is 1. The Hall–Kier alpha value is -2.82. The van der Waals surface area contributed by atoms with Crippen LogP contribution in [0.15, 0.2) is 42.5 Å². The minimum absolute atomic E-state index is 0.00709. The van der Waals surface area contributed by atoms with Gasteiger partial charge in [-0.1, -0.05) is 36.4 Å². The number of benzene rings is 2. The molecular weight excluding hydrogens is 296 g/mol. The zero-order valence-electron chi connectivity index (χ0n) is 12.7. The van der Waals surface area contributed by atoms with Crippen molar-refractivity contribution in [3.63, 3.8) is 0 Å². The highest BCUT2D eigenvalue weighted by Gasteiger charge is 2.26. The van der Waals surface area contributed by atoms with Gasteiger partial charge < -0.3 is 15.3 Å². The molecule has 0 heterocycles. The number of carbonyl (C=O) groups is 2. The van der Waals surface area contributed by atoms with Crippen LogP contribution >= 0.6 is 0 Å². The van der Waals surface area contributed by atoms with E-state index in [0.717, 1.165) is 0 Å². The van der Waals surface area contributed by atoms with Gasteiger partial charge in [-0.3, -0.25) is 9.59 Å². The zero-order chi connectivity index (χ0) is 17.0. The van der Waals surface area contributed by atoms with Crippen molar-refractivity contribution >= 4 is 11.8 Å². The molecule has 0 saturated carbocycles. The maximum atomic E-state index is 12.8. The van der Waals surface area contributed by atoms with Crippen molar-refractivity contribution in [3.05, 3.63) is 59.2 Å². The molecule has 0 bridgehead atoms. The van der Waals surface area contributed by atoms with Crippen LogP contribution in [0.5, 0.6) is 11.5 Å². The van der Waals surface area contributed by atoms with Crippen LogP contribution < -0.4 is 0 Å². The van der Waals surface area contributed by atoms with Gasteiger partial charge in [0.15, 0.2) is 17.3 Å². The van der Waals surface area contributed by atoms with E-state index in [-0.39, 0.29) is 24.2 Å². The number of phenolic OH excluding ortho intramolecular Hbond substituents is 2. The van der Waals surface area contributed by atoms with Gasteiger partial charge in [0.1, 0.15) is 0 Å². The Morgan fingerprint density at radius 2 is 1.65 bits per heavy atom. The van der Waals surface area contributed by atoms with Crippen LogP contribution in [0.1, 0.15) is 40.2 Å². The van der Waals surface area contributed by atoms with Gasteiger partial charge in [-0.05, 0) is 30.5 Å². The molecule has 2 aromatic rings. The van der Waals surface area contributed by atoms with Gasteiger partial charge in [0, 0.05) is 12.3 Å². The molecule has 1 unspecified atom stereocenters. The molecular formula is C18H18O5. The maximum absolute atomic E-state index is 12.8. The molecule has 0 saturated heterocycles. The highest BCUT2D eigenvalue weighted by molar-refractivity contribution is 6.04. The van der Waals surface area contributed by atoms with Crippen LogP contribution in [0.2, 0.25) is 0 Å². The third kappa shape index (κ3) is 3.69. The molecule has 0 amide bonds. The van der Waals surface area contributed by atoms with Crippen molar-refractivity contribution in [1.82, 2.24) is 0 Å². The van der Waals surface area contributed by atoms with Crippen molar-refractivity contribution in [3.8, 4) is 11.5 Å². The van der Waals surface area contributed by atoms with Gasteiger partial charge >= 0.3 is 5.97 Å². The highest BCUT2D eigenvalue weighted by atomic mass is 16.4. The third-order valence-electron chi connectivity index (χ3n) is 3.78. The molecule has 23 heavy (non-hydrogen) atoms. The molecule has 0 aliphatic heterocycles. The predicted molar refractivity (Wildman–Crippen MR) is 84.9 cm³/mol. The Balaban J connectivity index is 2.41. The van der Waals surface area contributed by atoms with E-state index in [1.807, 2.05) is 0 Å². The molecule has 0 aliphatic carbocycles. The van der Waals surface area contributed by atoms with E-state index in [2.05, 4.69) is 0 Å². The summed E-state index contributed by atoms with van der Waals surface area (Å²) >= 11 is 0. The Morgan fingerprint density at radius 3 is 2.26 bits per heavy atom. The van der Waals surface area contributed by atoms with Crippen molar-refractivity contribution in [2.24, 2.45) is 0 Å². The number of carboxylic acids is 1. The van der Waals surface area contributed by atoms with Gasteiger partial charge in [0.05, 0.1) is 5.56 Å². The molecule has 0 aromatic heterocycles. The van der Waals surface area contributed by atoms with Crippen molar-refractivity contribution < 1.29 is 24.9 Å². The highest BCUT2D eigenvalue weighted by Crippen LogP contribution is 2.36. The first kappa shape index (κ1) is 16.5. The lowest BCUT2D eigenvalue weighted by Gasteiger charge is -2.17. The molecule has 1 atom stereocenters. The second kappa shape index (κ2) is 6.96. The monoisotopic (exact) mass is 314 g/mol. The molecule has 0 radical (unpaired) electrons. The number of phenols is 2. The zero-order valence-corrected chi connectivity index (χ0v) is 12.7. The minimum Gasteiger partial charge on any atom is -0.504 e. The van der Waals surface area contributed by atoms with E-state index >= 15 is 0 Å². The first-order valence-corrected chi connectivity index (χ1v) is 7.24. The fourth-order valence-electron chi connectivity index (χ4n) is 2.47. The van der Waals surface area contributed by atoms with Crippen LogP contribution in [-0.4, -0.2) is 27.1 Å². The Labute approximate surface area is 133 Å². The summed E-state index contributed by atoms with van der Waals surface area (Å²) in [7, 11) is 0. The summed E-state index contributed by atoms with van der Waals surface area (Å²) in [5.41, 5.74) is 1.13. The van der Waals surface area contributed by atoms with Crippen LogP contribution in [0.4, 0.5) is 0 Å². The normalized spacial score (nSPS) is 11.9. The summed E-state index contributed by atoms with van der Waals surface area (Å²) < 4.78 is 0. The fourth-order valence-corrected chi connectivity index (χ4v) is 2.47. The molecule has 3 N–H and O–H groups in total. The standard InChI is InChI=1S/C18H18O5/c1-11-7-8-14(18(23)16(11)21)17(22)13(9-10-15(19)20)12-5-3-2-4-6-12/h2-8,13,21,23H,9-10H2,1H3,(H,19,20). The Kier molecular flexibility index (Phi) is 5.01. The number of rotatable bonds is 6. The smallest absolute Gasteiger partial charge is 0.303 e. The van der Waals surface area contributed by atoms with Crippen LogP contribution in [0.25, 0.3) is 0 Å². The quantitative estimate of drug-likeness (QED) is 0.562. The molecule has 0 fully saturated rings. The van der Waals surface area contributed by atoms with Gasteiger partial charge in [0.2, 0.25) is 0 Å². The number of Topliss-reactive ketones (excluding diaryl/α,β-unsaturated/α-hetero) is 1. The number of carbonyl (C=O) groups excluding carboxylic acids is 1. The van der Waals surface area contributed by atoms with Crippen LogP contribution in [-0.2, 0) is 4.79 Å². The Bertz CT molecular complexity index is 722. The van der Waals surface area contributed by atoms with Gasteiger partial charge in [-0.15, -0.1) is 0 Å².